The van der Waals surface area contributed by atoms with Gasteiger partial charge in [0, 0.05) is 19.5 Å². The van der Waals surface area contributed by atoms with Crippen LogP contribution in [-0.4, -0.2) is 35.9 Å². The number of oxime groups is 1. The number of hydrogen-bond donors (Lipinski definition) is 4. The van der Waals surface area contributed by atoms with E-state index in [0.29, 0.717) is 19.4 Å². The molecule has 0 radical (unpaired) electrons. The first kappa shape index (κ1) is 17.3. The number of amidine groups is 1. The van der Waals surface area contributed by atoms with Crippen LogP contribution in [0.3, 0.4) is 0 Å². The van der Waals surface area contributed by atoms with Gasteiger partial charge in [0.1, 0.15) is 5.41 Å². The van der Waals surface area contributed by atoms with Gasteiger partial charge in [0.05, 0.1) is 0 Å². The second kappa shape index (κ2) is 8.49. The molecule has 0 heterocycles. The highest BCUT2D eigenvalue weighted by Crippen LogP contribution is 2.36. The van der Waals surface area contributed by atoms with Crippen molar-refractivity contribution < 1.29 is 14.8 Å². The number of hydrogen-bond acceptors (Lipinski definition) is 4. The lowest BCUT2D eigenvalue weighted by Crippen LogP contribution is -2.51. The maximum atomic E-state index is 12.4. The summed E-state index contributed by atoms with van der Waals surface area (Å²) in [5.41, 5.74) is 4.82. The summed E-state index contributed by atoms with van der Waals surface area (Å²) in [6.07, 6.45) is 5.07. The number of carbonyl (C=O) groups is 2. The molecule has 2 amide bonds. The van der Waals surface area contributed by atoms with Crippen molar-refractivity contribution in [1.82, 2.24) is 10.6 Å². The third-order valence-electron chi connectivity index (χ3n) is 3.95. The van der Waals surface area contributed by atoms with Crippen molar-refractivity contribution >= 4 is 17.6 Å². The van der Waals surface area contributed by atoms with Crippen LogP contribution in [0.15, 0.2) is 5.16 Å². The molecule has 1 saturated carbocycles. The molecule has 0 aromatic rings. The van der Waals surface area contributed by atoms with Gasteiger partial charge in [-0.1, -0.05) is 31.3 Å². The van der Waals surface area contributed by atoms with Gasteiger partial charge in [-0.15, -0.1) is 0 Å². The number of carbonyl (C=O) groups excluding carboxylic acids is 2. The van der Waals surface area contributed by atoms with Gasteiger partial charge in [-0.25, -0.2) is 0 Å². The number of amides is 2. The lowest BCUT2D eigenvalue weighted by atomic mass is 9.72. The largest absolute Gasteiger partial charge is 0.409 e. The third kappa shape index (κ3) is 4.61. The molecule has 0 spiro atoms. The van der Waals surface area contributed by atoms with Gasteiger partial charge < -0.3 is 21.6 Å². The topological polar surface area (TPSA) is 117 Å². The normalized spacial score (nSPS) is 18.0. The SMILES string of the molecule is CCCNC(=O)CCNC(=O)C1(C(N)=NO)CCCCC1. The zero-order chi connectivity index (χ0) is 15.7. The van der Waals surface area contributed by atoms with Crippen LogP contribution in [0.5, 0.6) is 0 Å². The Labute approximate surface area is 125 Å². The number of nitrogens with two attached hydrogens (primary N) is 1. The van der Waals surface area contributed by atoms with E-state index in [0.717, 1.165) is 25.7 Å². The minimum absolute atomic E-state index is 0.0323. The highest BCUT2D eigenvalue weighted by atomic mass is 16.4. The summed E-state index contributed by atoms with van der Waals surface area (Å²) in [5, 5.41) is 17.5. The Bertz CT molecular complexity index is 390. The zero-order valence-corrected chi connectivity index (χ0v) is 12.7. The molecule has 1 aliphatic carbocycles. The minimum atomic E-state index is -0.924. The fourth-order valence-electron chi connectivity index (χ4n) is 2.66. The van der Waals surface area contributed by atoms with Crippen molar-refractivity contribution in [2.45, 2.75) is 51.9 Å². The Balaban J connectivity index is 2.52. The van der Waals surface area contributed by atoms with Crippen LogP contribution in [0.2, 0.25) is 0 Å². The zero-order valence-electron chi connectivity index (χ0n) is 12.7. The summed E-state index contributed by atoms with van der Waals surface area (Å²) >= 11 is 0. The molecule has 7 heteroatoms. The number of nitrogens with zero attached hydrogens (tertiary/aromatic N) is 1. The molecule has 0 bridgehead atoms. The van der Waals surface area contributed by atoms with E-state index in [9.17, 15) is 9.59 Å². The number of nitrogens with one attached hydrogen (secondary N) is 2. The summed E-state index contributed by atoms with van der Waals surface area (Å²) in [7, 11) is 0. The van der Waals surface area contributed by atoms with Gasteiger partial charge in [-0.3, -0.25) is 9.59 Å². The van der Waals surface area contributed by atoms with Gasteiger partial charge in [-0.05, 0) is 19.3 Å². The smallest absolute Gasteiger partial charge is 0.233 e. The van der Waals surface area contributed by atoms with Gasteiger partial charge in [-0.2, -0.15) is 0 Å². The van der Waals surface area contributed by atoms with Crippen LogP contribution in [-0.2, 0) is 9.59 Å². The van der Waals surface area contributed by atoms with Crippen molar-refractivity contribution in [3.8, 4) is 0 Å². The van der Waals surface area contributed by atoms with E-state index in [-0.39, 0.29) is 30.6 Å². The standard InChI is InChI=1S/C14H26N4O3/c1-2-9-16-11(19)6-10-17-13(20)14(12(15)18-21)7-4-3-5-8-14/h21H,2-10H2,1H3,(H2,15,18)(H,16,19)(H,17,20). The highest BCUT2D eigenvalue weighted by Gasteiger charge is 2.43. The molecule has 0 unspecified atom stereocenters. The van der Waals surface area contributed by atoms with Crippen LogP contribution in [0.25, 0.3) is 0 Å². The Hall–Kier alpha value is -1.79. The van der Waals surface area contributed by atoms with E-state index in [1.807, 2.05) is 6.92 Å². The molecule has 0 aliphatic heterocycles. The van der Waals surface area contributed by atoms with E-state index in [1.165, 1.54) is 0 Å². The summed E-state index contributed by atoms with van der Waals surface area (Å²) in [6, 6.07) is 0. The van der Waals surface area contributed by atoms with Crippen LogP contribution in [0, 0.1) is 5.41 Å². The van der Waals surface area contributed by atoms with Crippen LogP contribution in [0.1, 0.15) is 51.9 Å². The van der Waals surface area contributed by atoms with Crippen molar-refractivity contribution in [2.24, 2.45) is 16.3 Å². The van der Waals surface area contributed by atoms with Gasteiger partial charge in [0.2, 0.25) is 11.8 Å². The molecule has 1 fully saturated rings. The summed E-state index contributed by atoms with van der Waals surface area (Å²) < 4.78 is 0. The Morgan fingerprint density at radius 1 is 1.19 bits per heavy atom. The summed E-state index contributed by atoms with van der Waals surface area (Å²) in [5.74, 6) is -0.366. The van der Waals surface area contributed by atoms with Crippen molar-refractivity contribution in [2.75, 3.05) is 13.1 Å². The van der Waals surface area contributed by atoms with Gasteiger partial charge in [0.15, 0.2) is 5.84 Å². The predicted octanol–water partition coefficient (Wildman–Crippen LogP) is 0.716. The molecule has 21 heavy (non-hydrogen) atoms. The average molecular weight is 298 g/mol. The monoisotopic (exact) mass is 298 g/mol. The molecule has 0 aromatic heterocycles. The fourth-order valence-corrected chi connectivity index (χ4v) is 2.66. The van der Waals surface area contributed by atoms with Crippen LogP contribution in [0.4, 0.5) is 0 Å². The van der Waals surface area contributed by atoms with Crippen molar-refractivity contribution in [1.29, 1.82) is 0 Å². The third-order valence-corrected chi connectivity index (χ3v) is 3.95. The highest BCUT2D eigenvalue weighted by molar-refractivity contribution is 6.06. The van der Waals surface area contributed by atoms with E-state index in [1.54, 1.807) is 0 Å². The lowest BCUT2D eigenvalue weighted by molar-refractivity contribution is -0.129. The lowest BCUT2D eigenvalue weighted by Gasteiger charge is -2.34. The molecule has 0 saturated heterocycles. The van der Waals surface area contributed by atoms with Gasteiger partial charge >= 0.3 is 0 Å². The summed E-state index contributed by atoms with van der Waals surface area (Å²) in [6.45, 7) is 2.88. The van der Waals surface area contributed by atoms with E-state index in [4.69, 9.17) is 10.9 Å². The maximum absolute atomic E-state index is 12.4. The van der Waals surface area contributed by atoms with E-state index in [2.05, 4.69) is 15.8 Å². The molecule has 120 valence electrons. The average Bonchev–Trinajstić information content (AvgIpc) is 2.52. The molecule has 5 N–H and O–H groups in total. The second-order valence-electron chi connectivity index (χ2n) is 5.48. The van der Waals surface area contributed by atoms with Crippen LogP contribution < -0.4 is 16.4 Å². The molecule has 1 aliphatic rings. The predicted molar refractivity (Wildman–Crippen MR) is 79.9 cm³/mol. The molecule has 0 aromatic carbocycles. The summed E-state index contributed by atoms with van der Waals surface area (Å²) in [4.78, 5) is 23.9. The van der Waals surface area contributed by atoms with E-state index < -0.39 is 5.41 Å². The molecule has 0 atom stereocenters. The second-order valence-corrected chi connectivity index (χ2v) is 5.48. The molecule has 1 rings (SSSR count). The van der Waals surface area contributed by atoms with Crippen molar-refractivity contribution in [3.63, 3.8) is 0 Å². The Morgan fingerprint density at radius 2 is 1.86 bits per heavy atom. The first-order chi connectivity index (χ1) is 10.1. The van der Waals surface area contributed by atoms with E-state index >= 15 is 0 Å². The maximum Gasteiger partial charge on any atom is 0.233 e. The first-order valence-electron chi connectivity index (χ1n) is 7.60. The molecular weight excluding hydrogens is 272 g/mol. The number of rotatable bonds is 7. The molecular formula is C14H26N4O3. The minimum Gasteiger partial charge on any atom is -0.409 e. The molecule has 7 nitrogen and oxygen atoms in total. The van der Waals surface area contributed by atoms with Crippen LogP contribution >= 0.6 is 0 Å². The first-order valence-corrected chi connectivity index (χ1v) is 7.60. The fraction of sp³-hybridized carbons (Fsp3) is 0.786. The Morgan fingerprint density at radius 3 is 2.43 bits per heavy atom. The van der Waals surface area contributed by atoms with Crippen molar-refractivity contribution in [3.05, 3.63) is 0 Å². The quantitative estimate of drug-likeness (QED) is 0.240. The van der Waals surface area contributed by atoms with Gasteiger partial charge in [0.25, 0.3) is 0 Å². The Kier molecular flexibility index (Phi) is 6.98.